The molecule has 0 aliphatic carbocycles. The third-order valence-electron chi connectivity index (χ3n) is 1.51. The summed E-state index contributed by atoms with van der Waals surface area (Å²) in [7, 11) is 0. The molecule has 2 rings (SSSR count). The monoisotopic (exact) mass is 154 g/mol. The first-order chi connectivity index (χ1) is 5.36. The third kappa shape index (κ3) is 1.11. The highest BCUT2D eigenvalue weighted by Crippen LogP contribution is 2.25. The van der Waals surface area contributed by atoms with Crippen molar-refractivity contribution >= 4 is 5.69 Å². The number of hydrogen-bond donors (Lipinski definition) is 1. The third-order valence-corrected chi connectivity index (χ3v) is 1.51. The summed E-state index contributed by atoms with van der Waals surface area (Å²) in [6.07, 6.45) is 1.43. The van der Waals surface area contributed by atoms with Gasteiger partial charge in [-0.05, 0) is 0 Å². The number of rotatable bonds is 0. The van der Waals surface area contributed by atoms with Crippen molar-refractivity contribution < 1.29 is 9.13 Å². The van der Waals surface area contributed by atoms with E-state index in [2.05, 4.69) is 10.3 Å². The quantitative estimate of drug-likeness (QED) is 0.566. The van der Waals surface area contributed by atoms with Gasteiger partial charge in [-0.1, -0.05) is 0 Å². The number of halogens is 1. The van der Waals surface area contributed by atoms with Crippen LogP contribution in [0.15, 0.2) is 12.3 Å². The Kier molecular flexibility index (Phi) is 1.38. The second-order valence-corrected chi connectivity index (χ2v) is 2.28. The Bertz CT molecular complexity index is 277. The number of nitrogens with one attached hydrogen (secondary N) is 1. The van der Waals surface area contributed by atoms with E-state index in [0.29, 0.717) is 12.4 Å². The number of hydrogen-bond acceptors (Lipinski definition) is 3. The zero-order chi connectivity index (χ0) is 7.68. The minimum atomic E-state index is -0.507. The molecular formula is C7H7FN2O. The maximum Gasteiger partial charge on any atom is 0.216 e. The summed E-state index contributed by atoms with van der Waals surface area (Å²) in [4.78, 5) is 3.48. The molecule has 2 heterocycles. The van der Waals surface area contributed by atoms with Crippen LogP contribution in [0.1, 0.15) is 0 Å². The second-order valence-electron chi connectivity index (χ2n) is 2.28. The molecule has 1 aromatic heterocycles. The Hall–Kier alpha value is -1.32. The van der Waals surface area contributed by atoms with Crippen LogP contribution < -0.4 is 10.1 Å². The van der Waals surface area contributed by atoms with Crippen molar-refractivity contribution in [3.63, 3.8) is 0 Å². The van der Waals surface area contributed by atoms with Crippen LogP contribution in [0.2, 0.25) is 0 Å². The molecule has 0 bridgehead atoms. The highest BCUT2D eigenvalue weighted by Gasteiger charge is 2.09. The summed E-state index contributed by atoms with van der Waals surface area (Å²) in [6.45, 7) is 1.33. The smallest absolute Gasteiger partial charge is 0.216 e. The molecular weight excluding hydrogens is 147 g/mol. The first-order valence-electron chi connectivity index (χ1n) is 3.38. The van der Waals surface area contributed by atoms with Crippen molar-refractivity contribution in [2.24, 2.45) is 0 Å². The van der Waals surface area contributed by atoms with Gasteiger partial charge in [-0.25, -0.2) is 4.98 Å². The molecule has 0 saturated heterocycles. The molecule has 0 atom stereocenters. The summed E-state index contributed by atoms with van der Waals surface area (Å²) in [6, 6.07) is 1.28. The van der Waals surface area contributed by atoms with Gasteiger partial charge in [0.2, 0.25) is 5.95 Å². The van der Waals surface area contributed by atoms with Gasteiger partial charge in [-0.3, -0.25) is 0 Å². The van der Waals surface area contributed by atoms with E-state index in [9.17, 15) is 4.39 Å². The standard InChI is InChI=1S/C7H7FN2O/c8-7-3-6-5(4-10-7)9-1-2-11-6/h3-4,9H,1-2H2. The minimum absolute atomic E-state index is 0.507. The largest absolute Gasteiger partial charge is 0.489 e. The molecule has 11 heavy (non-hydrogen) atoms. The van der Waals surface area contributed by atoms with Crippen LogP contribution >= 0.6 is 0 Å². The topological polar surface area (TPSA) is 34.2 Å². The van der Waals surface area contributed by atoms with Gasteiger partial charge < -0.3 is 10.1 Å². The molecule has 0 radical (unpaired) electrons. The van der Waals surface area contributed by atoms with Gasteiger partial charge in [0.05, 0.1) is 11.9 Å². The highest BCUT2D eigenvalue weighted by molar-refractivity contribution is 5.55. The van der Waals surface area contributed by atoms with Gasteiger partial charge in [0, 0.05) is 12.6 Å². The summed E-state index contributed by atoms with van der Waals surface area (Å²) in [5.41, 5.74) is 0.762. The van der Waals surface area contributed by atoms with Gasteiger partial charge in [0.15, 0.2) is 0 Å². The number of aromatic nitrogens is 1. The zero-order valence-corrected chi connectivity index (χ0v) is 5.80. The Balaban J connectivity index is 2.43. The fourth-order valence-electron chi connectivity index (χ4n) is 1.01. The molecule has 0 fully saturated rings. The highest BCUT2D eigenvalue weighted by atomic mass is 19.1. The summed E-state index contributed by atoms with van der Waals surface area (Å²) in [5, 5.41) is 3.04. The van der Waals surface area contributed by atoms with E-state index in [0.717, 1.165) is 12.2 Å². The van der Waals surface area contributed by atoms with Crippen molar-refractivity contribution in [1.29, 1.82) is 0 Å². The molecule has 0 saturated carbocycles. The van der Waals surface area contributed by atoms with Crippen LogP contribution in [-0.4, -0.2) is 18.1 Å². The Morgan fingerprint density at radius 3 is 3.45 bits per heavy atom. The predicted molar refractivity (Wildman–Crippen MR) is 38.2 cm³/mol. The van der Waals surface area contributed by atoms with E-state index < -0.39 is 5.95 Å². The summed E-state index contributed by atoms with van der Waals surface area (Å²) in [5.74, 6) is 0.0381. The second kappa shape index (κ2) is 2.38. The molecule has 58 valence electrons. The van der Waals surface area contributed by atoms with E-state index in [4.69, 9.17) is 4.74 Å². The van der Waals surface area contributed by atoms with Crippen LogP contribution in [-0.2, 0) is 0 Å². The van der Waals surface area contributed by atoms with Crippen LogP contribution in [0.3, 0.4) is 0 Å². The van der Waals surface area contributed by atoms with Gasteiger partial charge in [-0.2, -0.15) is 4.39 Å². The van der Waals surface area contributed by atoms with Gasteiger partial charge in [-0.15, -0.1) is 0 Å². The average molecular weight is 154 g/mol. The molecule has 1 aliphatic rings. The molecule has 4 heteroatoms. The van der Waals surface area contributed by atoms with E-state index in [1.54, 1.807) is 0 Å². The van der Waals surface area contributed by atoms with Gasteiger partial charge in [0.1, 0.15) is 12.4 Å². The maximum atomic E-state index is 12.5. The Morgan fingerprint density at radius 2 is 2.55 bits per heavy atom. The number of ether oxygens (including phenoxy) is 1. The normalized spacial score (nSPS) is 14.6. The lowest BCUT2D eigenvalue weighted by Crippen LogP contribution is -2.18. The molecule has 0 spiro atoms. The summed E-state index contributed by atoms with van der Waals surface area (Å²) < 4.78 is 17.6. The first-order valence-corrected chi connectivity index (χ1v) is 3.38. The van der Waals surface area contributed by atoms with E-state index >= 15 is 0 Å². The molecule has 1 aromatic rings. The molecule has 0 aromatic carbocycles. The Morgan fingerprint density at radius 1 is 1.64 bits per heavy atom. The molecule has 0 amide bonds. The SMILES string of the molecule is Fc1cc2c(cn1)NCCO2. The van der Waals surface area contributed by atoms with Gasteiger partial charge in [0.25, 0.3) is 0 Å². The van der Waals surface area contributed by atoms with Crippen molar-refractivity contribution in [2.75, 3.05) is 18.5 Å². The minimum Gasteiger partial charge on any atom is -0.489 e. The number of anilines is 1. The Labute approximate surface area is 63.2 Å². The molecule has 1 N–H and O–H groups in total. The predicted octanol–water partition coefficient (Wildman–Crippen LogP) is 1.02. The average Bonchev–Trinajstić information content (AvgIpc) is 2.04. The number of nitrogens with zero attached hydrogens (tertiary/aromatic N) is 1. The van der Waals surface area contributed by atoms with E-state index in [1.165, 1.54) is 12.3 Å². The lowest BCUT2D eigenvalue weighted by atomic mass is 10.3. The maximum absolute atomic E-state index is 12.5. The van der Waals surface area contributed by atoms with Crippen molar-refractivity contribution in [1.82, 2.24) is 4.98 Å². The number of pyridine rings is 1. The van der Waals surface area contributed by atoms with Crippen LogP contribution in [0, 0.1) is 5.95 Å². The van der Waals surface area contributed by atoms with Crippen molar-refractivity contribution in [2.45, 2.75) is 0 Å². The van der Waals surface area contributed by atoms with E-state index in [1.807, 2.05) is 0 Å². The fraction of sp³-hybridized carbons (Fsp3) is 0.286. The lowest BCUT2D eigenvalue weighted by molar-refractivity contribution is 0.320. The van der Waals surface area contributed by atoms with Crippen LogP contribution in [0.5, 0.6) is 5.75 Å². The summed E-state index contributed by atoms with van der Waals surface area (Å²) >= 11 is 0. The molecule has 1 aliphatic heterocycles. The first kappa shape index (κ1) is 6.39. The van der Waals surface area contributed by atoms with Crippen molar-refractivity contribution in [3.8, 4) is 5.75 Å². The van der Waals surface area contributed by atoms with Crippen LogP contribution in [0.25, 0.3) is 0 Å². The molecule has 0 unspecified atom stereocenters. The van der Waals surface area contributed by atoms with E-state index in [-0.39, 0.29) is 0 Å². The zero-order valence-electron chi connectivity index (χ0n) is 5.80. The van der Waals surface area contributed by atoms with Crippen molar-refractivity contribution in [3.05, 3.63) is 18.2 Å². The lowest BCUT2D eigenvalue weighted by Gasteiger charge is -2.17. The number of fused-ring (bicyclic) bond motifs is 1. The van der Waals surface area contributed by atoms with Crippen LogP contribution in [0.4, 0.5) is 10.1 Å². The molecule has 3 nitrogen and oxygen atoms in total. The fourth-order valence-corrected chi connectivity index (χ4v) is 1.01. The van der Waals surface area contributed by atoms with Gasteiger partial charge >= 0.3 is 0 Å².